The summed E-state index contributed by atoms with van der Waals surface area (Å²) in [5, 5.41) is 0. The third kappa shape index (κ3) is 4.87. The number of hydrogen-bond acceptors (Lipinski definition) is 0. The summed E-state index contributed by atoms with van der Waals surface area (Å²) in [5.41, 5.74) is 9.31. The Bertz CT molecular complexity index is 1540. The van der Waals surface area contributed by atoms with Crippen molar-refractivity contribution in [3.8, 4) is 11.1 Å². The van der Waals surface area contributed by atoms with Gasteiger partial charge in [-0.2, -0.15) is 0 Å². The maximum atomic E-state index is 8.71. The molecule has 1 saturated carbocycles. The molecule has 214 valence electrons. The van der Waals surface area contributed by atoms with Gasteiger partial charge in [-0.3, -0.25) is 0 Å². The topological polar surface area (TPSA) is 0 Å². The summed E-state index contributed by atoms with van der Waals surface area (Å²) in [6.45, 7) is 13.8. The van der Waals surface area contributed by atoms with Gasteiger partial charge in [0.1, 0.15) is 0 Å². The second-order valence-corrected chi connectivity index (χ2v) is 35.6. The normalized spacial score (nSPS) is 18.3. The van der Waals surface area contributed by atoms with Crippen LogP contribution in [-0.4, -0.2) is 3.21 Å². The summed E-state index contributed by atoms with van der Waals surface area (Å²) < 4.78 is 1.42. The molecule has 0 nitrogen and oxygen atoms in total. The number of hydrogen-bond donors (Lipinski definition) is 0. The van der Waals surface area contributed by atoms with Crippen LogP contribution in [0.5, 0.6) is 0 Å². The van der Waals surface area contributed by atoms with E-state index in [1.165, 1.54) is 67.8 Å². The molecule has 1 fully saturated rings. The van der Waals surface area contributed by atoms with Crippen molar-refractivity contribution in [3.05, 3.63) is 119 Å². The molecule has 0 amide bonds. The van der Waals surface area contributed by atoms with Crippen molar-refractivity contribution in [2.24, 2.45) is 5.92 Å². The summed E-state index contributed by atoms with van der Waals surface area (Å²) >= 11 is -5.13. The molecule has 0 atom stereocenters. The van der Waals surface area contributed by atoms with Gasteiger partial charge in [0.2, 0.25) is 0 Å². The van der Waals surface area contributed by atoms with Gasteiger partial charge in [0.05, 0.1) is 0 Å². The second kappa shape index (κ2) is 10.3. The summed E-state index contributed by atoms with van der Waals surface area (Å²) in [4.78, 5) is 0. The van der Waals surface area contributed by atoms with E-state index >= 15 is 0 Å². The SMILES string of the molecule is CC(C)(C)c1ccc2c(c1)[CH]([Zr]([Cl])([Cl])(=[C](c1ccccc1)C1CCCC1)[CH]1C=CC=C1)c1cc(C(C)(C)C)ccc1-2. The Balaban J connectivity index is 1.79. The third-order valence-corrected chi connectivity index (χ3v) is 30.3. The van der Waals surface area contributed by atoms with Gasteiger partial charge in [-0.25, -0.2) is 0 Å². The number of rotatable bonds is 4. The van der Waals surface area contributed by atoms with Gasteiger partial charge in [0.15, 0.2) is 0 Å². The van der Waals surface area contributed by atoms with Crippen molar-refractivity contribution in [2.45, 2.75) is 85.3 Å². The molecule has 0 radical (unpaired) electrons. The van der Waals surface area contributed by atoms with Crippen LogP contribution in [0.25, 0.3) is 11.1 Å². The molecule has 3 aromatic rings. The van der Waals surface area contributed by atoms with E-state index in [1.807, 2.05) is 0 Å². The minimum atomic E-state index is -5.13. The van der Waals surface area contributed by atoms with Crippen molar-refractivity contribution in [2.75, 3.05) is 0 Å². The Kier molecular flexibility index (Phi) is 7.41. The van der Waals surface area contributed by atoms with E-state index < -0.39 is 15.9 Å². The Morgan fingerprint density at radius 2 is 1.17 bits per heavy atom. The summed E-state index contributed by atoms with van der Waals surface area (Å²) in [7, 11) is 17.4. The molecule has 0 saturated heterocycles. The monoisotopic (exact) mass is 660 g/mol. The van der Waals surface area contributed by atoms with Gasteiger partial charge in [-0.05, 0) is 0 Å². The predicted octanol–water partition coefficient (Wildman–Crippen LogP) is 11.7. The van der Waals surface area contributed by atoms with Crippen LogP contribution in [0.3, 0.4) is 0 Å². The predicted molar refractivity (Wildman–Crippen MR) is 177 cm³/mol. The van der Waals surface area contributed by atoms with Crippen LogP contribution in [0.15, 0.2) is 91.0 Å². The van der Waals surface area contributed by atoms with E-state index in [0.717, 1.165) is 0 Å². The quantitative estimate of drug-likeness (QED) is 0.261. The number of allylic oxidation sites excluding steroid dienone is 4. The zero-order valence-electron chi connectivity index (χ0n) is 25.5. The average molecular weight is 663 g/mol. The van der Waals surface area contributed by atoms with Gasteiger partial charge in [-0.1, -0.05) is 0 Å². The van der Waals surface area contributed by atoms with Crippen LogP contribution in [0.4, 0.5) is 0 Å². The summed E-state index contributed by atoms with van der Waals surface area (Å²) in [6, 6.07) is 25.3. The fourth-order valence-corrected chi connectivity index (χ4v) is 28.7. The van der Waals surface area contributed by atoms with Gasteiger partial charge >= 0.3 is 257 Å². The molecule has 0 aliphatic heterocycles. The molecular formula is C38H44Cl2Zr. The van der Waals surface area contributed by atoms with Crippen LogP contribution >= 0.6 is 17.0 Å². The van der Waals surface area contributed by atoms with E-state index in [-0.39, 0.29) is 18.1 Å². The number of fused-ring (bicyclic) bond motifs is 3. The molecule has 41 heavy (non-hydrogen) atoms. The number of halogens is 2. The maximum absolute atomic E-state index is 8.71. The molecule has 3 aliphatic carbocycles. The molecule has 0 aromatic heterocycles. The van der Waals surface area contributed by atoms with Crippen LogP contribution in [0.2, 0.25) is 3.63 Å². The molecule has 0 heterocycles. The van der Waals surface area contributed by atoms with Gasteiger partial charge in [-0.15, -0.1) is 0 Å². The van der Waals surface area contributed by atoms with Gasteiger partial charge in [0, 0.05) is 0 Å². The molecule has 3 aromatic carbocycles. The van der Waals surface area contributed by atoms with E-state index in [9.17, 15) is 0 Å². The van der Waals surface area contributed by atoms with E-state index in [1.54, 1.807) is 0 Å². The third-order valence-electron chi connectivity index (χ3n) is 10.00. The molecule has 6 rings (SSSR count). The fourth-order valence-electron chi connectivity index (χ4n) is 7.81. The molecule has 0 N–H and O–H groups in total. The standard InChI is InChI=1S/C21H25.C12H14.C5H5.2ClH.Zr/c1-20(2,3)16-7-9-18-14(12-16)11-15-13-17(21(4,5)6)8-10-19(15)18;1-2-6-11(7-3-1)10-12-8-4-5-9-12;1-2-4-5-3-1;;;/h7-13H,1-6H3;1-3,6-7,12H,4-5,8-9H2;1-5H;2*1H;/q;;;;;+2/p-2. The number of benzene rings is 3. The van der Waals surface area contributed by atoms with Crippen molar-refractivity contribution in [1.82, 2.24) is 0 Å². The van der Waals surface area contributed by atoms with Crippen LogP contribution in [-0.2, 0) is 26.7 Å². The molecule has 3 heteroatoms. The van der Waals surface area contributed by atoms with Gasteiger partial charge < -0.3 is 0 Å². The zero-order valence-corrected chi connectivity index (χ0v) is 29.4. The molecule has 3 aliphatic rings. The Hall–Kier alpha value is -1.53. The van der Waals surface area contributed by atoms with Gasteiger partial charge in [0.25, 0.3) is 0 Å². The Labute approximate surface area is 255 Å². The van der Waals surface area contributed by atoms with Crippen molar-refractivity contribution >= 4 is 20.2 Å². The molecule has 0 bridgehead atoms. The second-order valence-electron chi connectivity index (χ2n) is 14.7. The first-order valence-corrected chi connectivity index (χ1v) is 25.8. The molecule has 0 unspecified atom stereocenters. The minimum absolute atomic E-state index is 0.0254. The summed E-state index contributed by atoms with van der Waals surface area (Å²) in [6.07, 6.45) is 13.8. The average Bonchev–Trinajstić information content (AvgIpc) is 3.68. The first-order chi connectivity index (χ1) is 19.3. The van der Waals surface area contributed by atoms with Crippen LogP contribution in [0.1, 0.15) is 98.7 Å². The van der Waals surface area contributed by atoms with Crippen molar-refractivity contribution < 1.29 is 15.9 Å². The molecule has 0 spiro atoms. The van der Waals surface area contributed by atoms with E-state index in [2.05, 4.69) is 133 Å². The van der Waals surface area contributed by atoms with E-state index in [4.69, 9.17) is 17.0 Å². The zero-order chi connectivity index (χ0) is 29.2. The summed E-state index contributed by atoms with van der Waals surface area (Å²) in [5.74, 6) is 0.421. The van der Waals surface area contributed by atoms with Crippen molar-refractivity contribution in [3.63, 3.8) is 0 Å². The Morgan fingerprint density at radius 1 is 0.683 bits per heavy atom. The van der Waals surface area contributed by atoms with Crippen LogP contribution in [0, 0.1) is 5.92 Å². The fraction of sp³-hybridized carbons (Fsp3) is 0.395. The van der Waals surface area contributed by atoms with Crippen molar-refractivity contribution in [1.29, 1.82) is 0 Å². The van der Waals surface area contributed by atoms with E-state index in [0.29, 0.717) is 5.92 Å². The van der Waals surface area contributed by atoms with Crippen LogP contribution < -0.4 is 0 Å². The first kappa shape index (κ1) is 29.5. The Morgan fingerprint density at radius 3 is 1.63 bits per heavy atom. The first-order valence-electron chi connectivity index (χ1n) is 15.4. The molecular weight excluding hydrogens is 619 g/mol.